The maximum Gasteiger partial charge on any atom is 0.293 e. The van der Waals surface area contributed by atoms with E-state index in [4.69, 9.17) is 4.74 Å². The van der Waals surface area contributed by atoms with Crippen LogP contribution in [0.5, 0.6) is 5.75 Å². The molecule has 0 amide bonds. The predicted molar refractivity (Wildman–Crippen MR) is 103 cm³/mol. The molecule has 1 N–H and O–H groups in total. The van der Waals surface area contributed by atoms with Gasteiger partial charge in [-0.05, 0) is 37.3 Å². The fourth-order valence-electron chi connectivity index (χ4n) is 2.25. The molecule has 0 aliphatic carbocycles. The van der Waals surface area contributed by atoms with Crippen LogP contribution in [0, 0.1) is 10.1 Å². The van der Waals surface area contributed by atoms with E-state index >= 15 is 0 Å². The van der Waals surface area contributed by atoms with Gasteiger partial charge in [0.25, 0.3) is 15.7 Å². The van der Waals surface area contributed by atoms with E-state index in [-0.39, 0.29) is 10.6 Å². The molecular weight excluding hydrogens is 372 g/mol. The lowest BCUT2D eigenvalue weighted by atomic mass is 10.2. The number of anilines is 1. The molecule has 9 nitrogen and oxygen atoms in total. The third-order valence-electron chi connectivity index (χ3n) is 3.51. The molecule has 0 unspecified atom stereocenters. The predicted octanol–water partition coefficient (Wildman–Crippen LogP) is 2.37. The Hall–Kier alpha value is -3.14. The molecule has 0 heterocycles. The first-order valence-corrected chi connectivity index (χ1v) is 9.46. The second kappa shape index (κ2) is 8.49. The standard InChI is InChI=1S/C17H20N4O5S/c1-4-26-14-6-8-15(9-7-14)27(24,25)19-18-12-13-5-10-16(20(2)3)17(11-13)21(22)23/h5-12,19H,4H2,1-3H3/b18-12-. The van der Waals surface area contributed by atoms with Crippen molar-refractivity contribution in [3.8, 4) is 5.75 Å². The van der Waals surface area contributed by atoms with Crippen molar-refractivity contribution in [1.82, 2.24) is 4.83 Å². The molecule has 0 atom stereocenters. The highest BCUT2D eigenvalue weighted by molar-refractivity contribution is 7.89. The van der Waals surface area contributed by atoms with Crippen molar-refractivity contribution in [3.05, 3.63) is 58.1 Å². The lowest BCUT2D eigenvalue weighted by Crippen LogP contribution is -2.18. The van der Waals surface area contributed by atoms with Gasteiger partial charge in [0.15, 0.2) is 0 Å². The van der Waals surface area contributed by atoms with Crippen LogP contribution in [0.2, 0.25) is 0 Å². The van der Waals surface area contributed by atoms with E-state index in [1.54, 1.807) is 43.3 Å². The Morgan fingerprint density at radius 1 is 1.22 bits per heavy atom. The molecule has 0 saturated heterocycles. The van der Waals surface area contributed by atoms with Crippen molar-refractivity contribution in [2.24, 2.45) is 5.10 Å². The van der Waals surface area contributed by atoms with Crippen LogP contribution < -0.4 is 14.5 Å². The maximum atomic E-state index is 12.2. The van der Waals surface area contributed by atoms with Gasteiger partial charge in [-0.25, -0.2) is 4.83 Å². The van der Waals surface area contributed by atoms with E-state index in [2.05, 4.69) is 9.93 Å². The van der Waals surface area contributed by atoms with Crippen LogP contribution in [0.25, 0.3) is 0 Å². The van der Waals surface area contributed by atoms with Crippen molar-refractivity contribution in [2.75, 3.05) is 25.6 Å². The van der Waals surface area contributed by atoms with Gasteiger partial charge in [0.05, 0.1) is 22.6 Å². The topological polar surface area (TPSA) is 114 Å². The average Bonchev–Trinajstić information content (AvgIpc) is 2.62. The van der Waals surface area contributed by atoms with Crippen LogP contribution >= 0.6 is 0 Å². The molecule has 0 aliphatic rings. The Balaban J connectivity index is 2.16. The monoisotopic (exact) mass is 392 g/mol. The molecule has 2 rings (SSSR count). The second-order valence-corrected chi connectivity index (χ2v) is 7.32. The summed E-state index contributed by atoms with van der Waals surface area (Å²) in [5.74, 6) is 0.563. The van der Waals surface area contributed by atoms with Gasteiger partial charge < -0.3 is 9.64 Å². The fraction of sp³-hybridized carbons (Fsp3) is 0.235. The molecule has 0 spiro atoms. The smallest absolute Gasteiger partial charge is 0.293 e. The van der Waals surface area contributed by atoms with Crippen LogP contribution in [-0.2, 0) is 10.0 Å². The Bertz CT molecular complexity index is 940. The van der Waals surface area contributed by atoms with Gasteiger partial charge in [-0.1, -0.05) is 6.07 Å². The summed E-state index contributed by atoms with van der Waals surface area (Å²) in [6.07, 6.45) is 1.21. The summed E-state index contributed by atoms with van der Waals surface area (Å²) in [4.78, 5) is 14.4. The number of ether oxygens (including phenoxy) is 1. The molecule has 0 bridgehead atoms. The largest absolute Gasteiger partial charge is 0.494 e. The number of nitro benzene ring substituents is 1. The summed E-state index contributed by atoms with van der Waals surface area (Å²) in [5, 5.41) is 14.9. The highest BCUT2D eigenvalue weighted by Gasteiger charge is 2.16. The number of sulfonamides is 1. The number of nitrogens with one attached hydrogen (secondary N) is 1. The van der Waals surface area contributed by atoms with Crippen molar-refractivity contribution < 1.29 is 18.1 Å². The van der Waals surface area contributed by atoms with Gasteiger partial charge in [0.2, 0.25) is 0 Å². The van der Waals surface area contributed by atoms with Crippen LogP contribution in [0.15, 0.2) is 52.5 Å². The van der Waals surface area contributed by atoms with Crippen molar-refractivity contribution >= 4 is 27.6 Å². The van der Waals surface area contributed by atoms with Gasteiger partial charge >= 0.3 is 0 Å². The number of hydrazone groups is 1. The van der Waals surface area contributed by atoms with Crippen molar-refractivity contribution in [3.63, 3.8) is 0 Å². The van der Waals surface area contributed by atoms with E-state index in [1.807, 2.05) is 6.92 Å². The van der Waals surface area contributed by atoms with Crippen molar-refractivity contribution in [1.29, 1.82) is 0 Å². The number of nitrogens with zero attached hydrogens (tertiary/aromatic N) is 3. The molecule has 0 aromatic heterocycles. The maximum absolute atomic E-state index is 12.2. The Kier molecular flexibility index (Phi) is 6.35. The first-order valence-electron chi connectivity index (χ1n) is 7.98. The third-order valence-corrected chi connectivity index (χ3v) is 4.75. The number of hydrogen-bond acceptors (Lipinski definition) is 7. The molecule has 144 valence electrons. The van der Waals surface area contributed by atoms with Crippen LogP contribution in [0.3, 0.4) is 0 Å². The van der Waals surface area contributed by atoms with Gasteiger partial charge in [0.1, 0.15) is 11.4 Å². The summed E-state index contributed by atoms with van der Waals surface area (Å²) in [6, 6.07) is 10.4. The van der Waals surface area contributed by atoms with Gasteiger partial charge in [0, 0.05) is 25.7 Å². The molecule has 2 aromatic carbocycles. The summed E-state index contributed by atoms with van der Waals surface area (Å²) in [5.41, 5.74) is 0.729. The minimum atomic E-state index is -3.86. The zero-order valence-electron chi connectivity index (χ0n) is 15.1. The zero-order chi connectivity index (χ0) is 20.0. The zero-order valence-corrected chi connectivity index (χ0v) is 15.9. The summed E-state index contributed by atoms with van der Waals surface area (Å²) in [6.45, 7) is 2.31. The molecular formula is C17H20N4O5S. The molecule has 27 heavy (non-hydrogen) atoms. The summed E-state index contributed by atoms with van der Waals surface area (Å²) < 4.78 is 29.7. The lowest BCUT2D eigenvalue weighted by molar-refractivity contribution is -0.384. The summed E-state index contributed by atoms with van der Waals surface area (Å²) >= 11 is 0. The van der Waals surface area contributed by atoms with E-state index in [0.29, 0.717) is 23.6 Å². The fourth-order valence-corrected chi connectivity index (χ4v) is 3.04. The van der Waals surface area contributed by atoms with Gasteiger partial charge in [-0.3, -0.25) is 10.1 Å². The first-order chi connectivity index (χ1) is 12.7. The number of rotatable bonds is 8. The summed E-state index contributed by atoms with van der Waals surface area (Å²) in [7, 11) is -0.465. The minimum Gasteiger partial charge on any atom is -0.494 e. The van der Waals surface area contributed by atoms with E-state index in [9.17, 15) is 18.5 Å². The molecule has 0 aliphatic heterocycles. The molecule has 0 fully saturated rings. The molecule has 10 heteroatoms. The Morgan fingerprint density at radius 2 is 1.89 bits per heavy atom. The number of benzene rings is 2. The normalized spacial score (nSPS) is 11.4. The highest BCUT2D eigenvalue weighted by atomic mass is 32.2. The average molecular weight is 392 g/mol. The van der Waals surface area contributed by atoms with E-state index in [0.717, 1.165) is 0 Å². The minimum absolute atomic E-state index is 0.0250. The SMILES string of the molecule is CCOc1ccc(S(=O)(=O)N/N=C\c2ccc(N(C)C)c([N+](=O)[O-])c2)cc1. The molecule has 2 aromatic rings. The molecule has 0 radical (unpaired) electrons. The van der Waals surface area contributed by atoms with Gasteiger partial charge in [-0.15, -0.1) is 0 Å². The number of nitro groups is 1. The Labute approximate surface area is 157 Å². The van der Waals surface area contributed by atoms with Gasteiger partial charge in [-0.2, -0.15) is 13.5 Å². The quantitative estimate of drug-likeness (QED) is 0.419. The van der Waals surface area contributed by atoms with Crippen molar-refractivity contribution in [2.45, 2.75) is 11.8 Å². The first kappa shape index (κ1) is 20.2. The van der Waals surface area contributed by atoms with Crippen LogP contribution in [0.4, 0.5) is 11.4 Å². The van der Waals surface area contributed by atoms with Crippen LogP contribution in [0.1, 0.15) is 12.5 Å². The third kappa shape index (κ3) is 5.17. The van der Waals surface area contributed by atoms with E-state index in [1.165, 1.54) is 24.4 Å². The number of hydrogen-bond donors (Lipinski definition) is 1. The second-order valence-electron chi connectivity index (χ2n) is 5.66. The Morgan fingerprint density at radius 3 is 2.44 bits per heavy atom. The lowest BCUT2D eigenvalue weighted by Gasteiger charge is -2.12. The highest BCUT2D eigenvalue weighted by Crippen LogP contribution is 2.27. The molecule has 0 saturated carbocycles. The van der Waals surface area contributed by atoms with E-state index < -0.39 is 14.9 Å². The van der Waals surface area contributed by atoms with Crippen LogP contribution in [-0.4, -0.2) is 40.3 Å².